The average Bonchev–Trinajstić information content (AvgIpc) is 2.50. The van der Waals surface area contributed by atoms with Crippen molar-refractivity contribution >= 4 is 5.91 Å². The predicted octanol–water partition coefficient (Wildman–Crippen LogP) is 1.46. The Bertz CT molecular complexity index is 384. The van der Waals surface area contributed by atoms with Gasteiger partial charge in [-0.2, -0.15) is 0 Å². The van der Waals surface area contributed by atoms with Crippen LogP contribution in [0.3, 0.4) is 0 Å². The fourth-order valence-electron chi connectivity index (χ4n) is 3.75. The van der Waals surface area contributed by atoms with Gasteiger partial charge in [-0.3, -0.25) is 14.6 Å². The Morgan fingerprint density at radius 3 is 2.26 bits per heavy atom. The van der Waals surface area contributed by atoms with Gasteiger partial charge in [0.1, 0.15) is 0 Å². The van der Waals surface area contributed by atoms with Crippen LogP contribution in [-0.4, -0.2) is 71.2 Å². The van der Waals surface area contributed by atoms with Gasteiger partial charge >= 0.3 is 0 Å². The molecule has 2 rings (SSSR count). The van der Waals surface area contributed by atoms with Gasteiger partial charge in [0, 0.05) is 38.8 Å². The zero-order valence-corrected chi connectivity index (χ0v) is 15.3. The summed E-state index contributed by atoms with van der Waals surface area (Å²) >= 11 is 0. The third-order valence-electron chi connectivity index (χ3n) is 5.49. The quantitative estimate of drug-likeness (QED) is 0.803. The smallest absolute Gasteiger partial charge is 0.237 e. The predicted molar refractivity (Wildman–Crippen MR) is 93.3 cm³/mol. The molecule has 1 saturated heterocycles. The van der Waals surface area contributed by atoms with Crippen molar-refractivity contribution in [2.45, 2.75) is 71.1 Å². The summed E-state index contributed by atoms with van der Waals surface area (Å²) in [5.74, 6) is 0.876. The highest BCUT2D eigenvalue weighted by atomic mass is 16.3. The zero-order chi connectivity index (χ0) is 17.0. The van der Waals surface area contributed by atoms with Crippen molar-refractivity contribution in [2.24, 2.45) is 5.92 Å². The Morgan fingerprint density at radius 1 is 1.17 bits per heavy atom. The summed E-state index contributed by atoms with van der Waals surface area (Å²) in [5, 5.41) is 13.8. The van der Waals surface area contributed by atoms with Crippen molar-refractivity contribution in [1.29, 1.82) is 0 Å². The maximum absolute atomic E-state index is 12.1. The molecule has 2 fully saturated rings. The Balaban J connectivity index is 1.76. The molecule has 0 radical (unpaired) electrons. The molecule has 0 spiro atoms. The molecule has 0 bridgehead atoms. The molecule has 5 nitrogen and oxygen atoms in total. The Hall–Kier alpha value is -0.650. The lowest BCUT2D eigenvalue weighted by atomic mass is 9.79. The van der Waals surface area contributed by atoms with E-state index in [4.69, 9.17) is 0 Å². The van der Waals surface area contributed by atoms with Crippen LogP contribution in [0, 0.1) is 5.92 Å². The van der Waals surface area contributed by atoms with Gasteiger partial charge in [0.05, 0.1) is 11.6 Å². The number of β-amino-alcohol motifs (C(OH)–C–C–N with tert-alkyl or cyclic N) is 1. The van der Waals surface area contributed by atoms with E-state index in [0.29, 0.717) is 0 Å². The molecule has 1 aliphatic heterocycles. The lowest BCUT2D eigenvalue weighted by molar-refractivity contribution is -0.127. The summed E-state index contributed by atoms with van der Waals surface area (Å²) in [7, 11) is 0. The monoisotopic (exact) mass is 325 g/mol. The van der Waals surface area contributed by atoms with E-state index < -0.39 is 5.60 Å². The largest absolute Gasteiger partial charge is 0.389 e. The summed E-state index contributed by atoms with van der Waals surface area (Å²) in [5.41, 5.74) is -0.491. The van der Waals surface area contributed by atoms with E-state index >= 15 is 0 Å². The van der Waals surface area contributed by atoms with Crippen LogP contribution in [-0.2, 0) is 4.79 Å². The van der Waals surface area contributed by atoms with E-state index in [1.165, 1.54) is 0 Å². The minimum atomic E-state index is -0.491. The highest BCUT2D eigenvalue weighted by Crippen LogP contribution is 2.32. The SMILES string of the molecule is CC1CCC(O)(CN2CCN([C@@H](C)C(=O)NC(C)C)CC2)CC1. The summed E-state index contributed by atoms with van der Waals surface area (Å²) in [6.07, 6.45) is 4.15. The number of hydrogen-bond acceptors (Lipinski definition) is 4. The summed E-state index contributed by atoms with van der Waals surface area (Å²) < 4.78 is 0. The molecular weight excluding hydrogens is 290 g/mol. The van der Waals surface area contributed by atoms with Gasteiger partial charge in [0.2, 0.25) is 5.91 Å². The second kappa shape index (κ2) is 7.95. The molecule has 1 atom stereocenters. The minimum absolute atomic E-state index is 0.0711. The van der Waals surface area contributed by atoms with Crippen LogP contribution in [0.4, 0.5) is 0 Å². The van der Waals surface area contributed by atoms with Crippen LogP contribution < -0.4 is 5.32 Å². The Labute approximate surface area is 141 Å². The molecule has 0 aromatic carbocycles. The van der Waals surface area contributed by atoms with E-state index in [1.54, 1.807) is 0 Å². The number of carbonyl (C=O) groups excluding carboxylic acids is 1. The van der Waals surface area contributed by atoms with Crippen LogP contribution in [0.15, 0.2) is 0 Å². The maximum atomic E-state index is 12.1. The van der Waals surface area contributed by atoms with Gasteiger partial charge in [-0.15, -0.1) is 0 Å². The first-order valence-corrected chi connectivity index (χ1v) is 9.28. The molecule has 1 amide bonds. The number of nitrogens with zero attached hydrogens (tertiary/aromatic N) is 2. The maximum Gasteiger partial charge on any atom is 0.237 e. The highest BCUT2D eigenvalue weighted by molar-refractivity contribution is 5.81. The van der Waals surface area contributed by atoms with Crippen LogP contribution in [0.2, 0.25) is 0 Å². The molecule has 1 saturated carbocycles. The first kappa shape index (κ1) is 18.7. The second-order valence-corrected chi connectivity index (χ2v) is 8.06. The van der Waals surface area contributed by atoms with Gasteiger partial charge in [0.15, 0.2) is 0 Å². The van der Waals surface area contributed by atoms with Crippen molar-refractivity contribution < 1.29 is 9.90 Å². The number of hydrogen-bond donors (Lipinski definition) is 2. The molecule has 0 aromatic rings. The van der Waals surface area contributed by atoms with Crippen molar-refractivity contribution in [3.8, 4) is 0 Å². The number of nitrogens with one attached hydrogen (secondary N) is 1. The molecule has 5 heteroatoms. The van der Waals surface area contributed by atoms with Crippen molar-refractivity contribution in [1.82, 2.24) is 15.1 Å². The van der Waals surface area contributed by atoms with Crippen molar-refractivity contribution in [3.63, 3.8) is 0 Å². The number of carbonyl (C=O) groups is 1. The fourth-order valence-corrected chi connectivity index (χ4v) is 3.75. The van der Waals surface area contributed by atoms with Crippen LogP contribution in [0.25, 0.3) is 0 Å². The van der Waals surface area contributed by atoms with Gasteiger partial charge in [-0.1, -0.05) is 6.92 Å². The molecule has 23 heavy (non-hydrogen) atoms. The number of rotatable bonds is 5. The summed E-state index contributed by atoms with van der Waals surface area (Å²) in [6.45, 7) is 12.7. The number of piperazine rings is 1. The van der Waals surface area contributed by atoms with Crippen LogP contribution >= 0.6 is 0 Å². The average molecular weight is 325 g/mol. The van der Waals surface area contributed by atoms with Gasteiger partial charge in [-0.05, 0) is 52.4 Å². The first-order valence-electron chi connectivity index (χ1n) is 9.28. The van der Waals surface area contributed by atoms with E-state index in [1.807, 2.05) is 20.8 Å². The lowest BCUT2D eigenvalue weighted by Gasteiger charge is -2.43. The molecule has 1 heterocycles. The lowest BCUT2D eigenvalue weighted by Crippen LogP contribution is -2.57. The summed E-state index contributed by atoms with van der Waals surface area (Å²) in [4.78, 5) is 16.8. The number of amides is 1. The molecule has 134 valence electrons. The first-order chi connectivity index (χ1) is 10.8. The normalized spacial score (nSPS) is 32.0. The molecule has 2 N–H and O–H groups in total. The van der Waals surface area contributed by atoms with E-state index in [9.17, 15) is 9.90 Å². The van der Waals surface area contributed by atoms with E-state index in [2.05, 4.69) is 22.0 Å². The molecule has 2 aliphatic rings. The third-order valence-corrected chi connectivity index (χ3v) is 5.49. The van der Waals surface area contributed by atoms with E-state index in [-0.39, 0.29) is 18.0 Å². The molecule has 1 aliphatic carbocycles. The van der Waals surface area contributed by atoms with Gasteiger partial charge in [-0.25, -0.2) is 0 Å². The highest BCUT2D eigenvalue weighted by Gasteiger charge is 2.35. The summed E-state index contributed by atoms with van der Waals surface area (Å²) in [6, 6.07) is 0.118. The van der Waals surface area contributed by atoms with Gasteiger partial charge < -0.3 is 10.4 Å². The molecular formula is C18H35N3O2. The van der Waals surface area contributed by atoms with Crippen molar-refractivity contribution in [2.75, 3.05) is 32.7 Å². The Kier molecular flexibility index (Phi) is 6.46. The van der Waals surface area contributed by atoms with Crippen LogP contribution in [0.1, 0.15) is 53.4 Å². The molecule has 0 unspecified atom stereocenters. The second-order valence-electron chi connectivity index (χ2n) is 8.06. The zero-order valence-electron chi connectivity index (χ0n) is 15.3. The van der Waals surface area contributed by atoms with Gasteiger partial charge in [0.25, 0.3) is 0 Å². The Morgan fingerprint density at radius 2 is 1.74 bits per heavy atom. The van der Waals surface area contributed by atoms with Crippen LogP contribution in [0.5, 0.6) is 0 Å². The fraction of sp³-hybridized carbons (Fsp3) is 0.944. The van der Waals surface area contributed by atoms with E-state index in [0.717, 1.165) is 64.3 Å². The number of aliphatic hydroxyl groups is 1. The third kappa shape index (κ3) is 5.44. The minimum Gasteiger partial charge on any atom is -0.389 e. The topological polar surface area (TPSA) is 55.8 Å². The van der Waals surface area contributed by atoms with Crippen molar-refractivity contribution in [3.05, 3.63) is 0 Å². The standard InChI is InChI=1S/C18H35N3O2/c1-14(2)19-17(22)16(4)21-11-9-20(10-12-21)13-18(23)7-5-15(3)6-8-18/h14-16,23H,5-13H2,1-4H3,(H,19,22)/t15?,16-,18?/m0/s1. The molecule has 0 aromatic heterocycles.